The second-order valence-corrected chi connectivity index (χ2v) is 1.55. The van der Waals surface area contributed by atoms with Crippen molar-refractivity contribution < 1.29 is 0 Å². The predicted octanol–water partition coefficient (Wildman–Crippen LogP) is 1.01. The average Bonchev–Trinajstić information content (AvgIpc) is 1.89. The lowest BCUT2D eigenvalue weighted by atomic mass is 10.2. The minimum absolute atomic E-state index is 0.292. The average molecular weight is 116 g/mol. The summed E-state index contributed by atoms with van der Waals surface area (Å²) in [4.78, 5) is 3.71. The first kappa shape index (κ1) is 5.77. The first-order chi connectivity index (χ1) is 4.34. The summed E-state index contributed by atoms with van der Waals surface area (Å²) < 4.78 is 0. The van der Waals surface area contributed by atoms with Gasteiger partial charge in [-0.05, 0) is 12.1 Å². The first-order valence-electron chi connectivity index (χ1n) is 2.45. The molecule has 0 aliphatic carbocycles. The second kappa shape index (κ2) is 2.27. The number of nitriles is 1. The van der Waals surface area contributed by atoms with Crippen LogP contribution in [0.15, 0.2) is 18.3 Å². The Hall–Kier alpha value is -1.36. The lowest BCUT2D eigenvalue weighted by Gasteiger charge is -1.89. The monoisotopic (exact) mass is 116 g/mol. The van der Waals surface area contributed by atoms with E-state index in [1.807, 2.05) is 6.07 Å². The Balaban J connectivity index is 3.20. The Labute approximate surface area is 53.8 Å². The molecule has 0 spiro atoms. The number of aromatic nitrogens is 1. The van der Waals surface area contributed by atoms with Gasteiger partial charge in [0.15, 0.2) is 0 Å². The zero-order valence-corrected chi connectivity index (χ0v) is 4.70. The van der Waals surface area contributed by atoms with Crippen LogP contribution in [0, 0.1) is 18.3 Å². The summed E-state index contributed by atoms with van der Waals surface area (Å²) in [6.07, 6.45) is 1.55. The minimum atomic E-state index is 0.292. The normalized spacial score (nSPS) is 8.44. The Morgan fingerprint density at radius 2 is 2.44 bits per heavy atom. The standard InChI is InChI=1S/C7H4N2/c1-6-7(5-8)3-2-4-9-6/h1-4H. The van der Waals surface area contributed by atoms with E-state index >= 15 is 0 Å². The number of nitrogens with zero attached hydrogens (tertiary/aromatic N) is 2. The molecule has 9 heavy (non-hydrogen) atoms. The third kappa shape index (κ3) is 1.06. The van der Waals surface area contributed by atoms with Crippen LogP contribution < -0.4 is 0 Å². The van der Waals surface area contributed by atoms with Crippen LogP contribution in [0.2, 0.25) is 0 Å². The smallest absolute Gasteiger partial charge is 0.101 e. The van der Waals surface area contributed by atoms with E-state index in [2.05, 4.69) is 4.98 Å². The lowest BCUT2D eigenvalue weighted by molar-refractivity contribution is 1.24. The fourth-order valence-corrected chi connectivity index (χ4v) is 0.512. The van der Waals surface area contributed by atoms with Crippen molar-refractivity contribution in [2.75, 3.05) is 0 Å². The summed E-state index contributed by atoms with van der Waals surface area (Å²) in [6, 6.07) is 5.21. The van der Waals surface area contributed by atoms with Crippen LogP contribution in [0.25, 0.3) is 0 Å². The van der Waals surface area contributed by atoms with E-state index in [1.54, 1.807) is 18.3 Å². The molecular formula is C7H4N2. The van der Waals surface area contributed by atoms with Crippen LogP contribution in [0.5, 0.6) is 0 Å². The van der Waals surface area contributed by atoms with Crippen LogP contribution >= 0.6 is 0 Å². The SMILES string of the molecule is [CH]c1ncccc1C#N. The van der Waals surface area contributed by atoms with Gasteiger partial charge in [-0.3, -0.25) is 4.98 Å². The van der Waals surface area contributed by atoms with Crippen LogP contribution in [-0.4, -0.2) is 4.98 Å². The fraction of sp³-hybridized carbons (Fsp3) is 0. The topological polar surface area (TPSA) is 36.7 Å². The predicted molar refractivity (Wildman–Crippen MR) is 32.4 cm³/mol. The van der Waals surface area contributed by atoms with Gasteiger partial charge in [0.25, 0.3) is 0 Å². The molecule has 0 atom stereocenters. The molecule has 0 saturated carbocycles. The highest BCUT2D eigenvalue weighted by atomic mass is 14.7. The summed E-state index contributed by atoms with van der Waals surface area (Å²) in [5.74, 6) is 0. The highest BCUT2D eigenvalue weighted by Crippen LogP contribution is 1.99. The van der Waals surface area contributed by atoms with Crippen LogP contribution in [-0.2, 0) is 0 Å². The molecule has 0 bridgehead atoms. The molecule has 0 aromatic carbocycles. The van der Waals surface area contributed by atoms with E-state index in [1.165, 1.54) is 0 Å². The van der Waals surface area contributed by atoms with Crippen LogP contribution in [0.1, 0.15) is 11.3 Å². The molecule has 0 aliphatic heterocycles. The van der Waals surface area contributed by atoms with Crippen molar-refractivity contribution in [1.29, 1.82) is 5.26 Å². The Bertz CT molecular complexity index is 247. The zero-order chi connectivity index (χ0) is 6.69. The van der Waals surface area contributed by atoms with Gasteiger partial charge < -0.3 is 0 Å². The quantitative estimate of drug-likeness (QED) is 0.507. The van der Waals surface area contributed by atoms with Crippen molar-refractivity contribution in [3.8, 4) is 6.07 Å². The van der Waals surface area contributed by atoms with E-state index < -0.39 is 0 Å². The third-order valence-corrected chi connectivity index (χ3v) is 0.959. The van der Waals surface area contributed by atoms with Gasteiger partial charge in [-0.15, -0.1) is 0 Å². The second-order valence-electron chi connectivity index (χ2n) is 1.55. The van der Waals surface area contributed by atoms with Crippen LogP contribution in [0.4, 0.5) is 0 Å². The third-order valence-electron chi connectivity index (χ3n) is 0.959. The minimum Gasteiger partial charge on any atom is -0.260 e. The zero-order valence-electron chi connectivity index (χ0n) is 4.70. The number of hydrogen-bond donors (Lipinski definition) is 0. The Morgan fingerprint density at radius 3 is 2.89 bits per heavy atom. The molecule has 2 heteroatoms. The van der Waals surface area contributed by atoms with E-state index in [0.717, 1.165) is 0 Å². The molecule has 2 nitrogen and oxygen atoms in total. The maximum atomic E-state index is 8.35. The van der Waals surface area contributed by atoms with Crippen molar-refractivity contribution in [2.45, 2.75) is 0 Å². The highest BCUT2D eigenvalue weighted by Gasteiger charge is 1.92. The van der Waals surface area contributed by atoms with E-state index in [9.17, 15) is 0 Å². The molecule has 0 fully saturated rings. The van der Waals surface area contributed by atoms with Gasteiger partial charge in [0.05, 0.1) is 11.3 Å². The van der Waals surface area contributed by atoms with Crippen LogP contribution in [0.3, 0.4) is 0 Å². The van der Waals surface area contributed by atoms with Crippen molar-refractivity contribution >= 4 is 0 Å². The van der Waals surface area contributed by atoms with Gasteiger partial charge in [0, 0.05) is 13.1 Å². The molecular weight excluding hydrogens is 112 g/mol. The van der Waals surface area contributed by atoms with Gasteiger partial charge in [-0.2, -0.15) is 5.26 Å². The molecule has 42 valence electrons. The fourth-order valence-electron chi connectivity index (χ4n) is 0.512. The Kier molecular flexibility index (Phi) is 1.46. The number of pyridine rings is 1. The Morgan fingerprint density at radius 1 is 1.67 bits per heavy atom. The van der Waals surface area contributed by atoms with Gasteiger partial charge in [0.2, 0.25) is 0 Å². The molecule has 0 aliphatic rings. The summed E-state index contributed by atoms with van der Waals surface area (Å²) in [7, 11) is 0. The molecule has 2 radical (unpaired) electrons. The molecule has 0 unspecified atom stereocenters. The van der Waals surface area contributed by atoms with Gasteiger partial charge >= 0.3 is 0 Å². The largest absolute Gasteiger partial charge is 0.260 e. The van der Waals surface area contributed by atoms with E-state index in [0.29, 0.717) is 11.3 Å². The summed E-state index contributed by atoms with van der Waals surface area (Å²) in [6.45, 7) is 5.30. The van der Waals surface area contributed by atoms with Gasteiger partial charge in [-0.1, -0.05) is 0 Å². The van der Waals surface area contributed by atoms with E-state index in [4.69, 9.17) is 12.2 Å². The number of hydrogen-bond acceptors (Lipinski definition) is 2. The summed E-state index contributed by atoms with van der Waals surface area (Å²) in [5, 5.41) is 8.35. The summed E-state index contributed by atoms with van der Waals surface area (Å²) in [5.41, 5.74) is 0.720. The maximum absolute atomic E-state index is 8.35. The molecule has 0 saturated heterocycles. The van der Waals surface area contributed by atoms with Crippen molar-refractivity contribution in [1.82, 2.24) is 4.98 Å². The van der Waals surface area contributed by atoms with Gasteiger partial charge in [-0.25, -0.2) is 0 Å². The molecule has 0 N–H and O–H groups in total. The van der Waals surface area contributed by atoms with E-state index in [-0.39, 0.29) is 0 Å². The first-order valence-corrected chi connectivity index (χ1v) is 2.45. The van der Waals surface area contributed by atoms with Crippen molar-refractivity contribution in [3.63, 3.8) is 0 Å². The molecule has 1 rings (SSSR count). The highest BCUT2D eigenvalue weighted by molar-refractivity contribution is 5.33. The molecule has 1 aromatic rings. The summed E-state index contributed by atoms with van der Waals surface area (Å²) >= 11 is 0. The van der Waals surface area contributed by atoms with Gasteiger partial charge in [0.1, 0.15) is 6.07 Å². The molecule has 1 aromatic heterocycles. The lowest BCUT2D eigenvalue weighted by Crippen LogP contribution is -1.83. The van der Waals surface area contributed by atoms with Crippen molar-refractivity contribution in [2.24, 2.45) is 0 Å². The maximum Gasteiger partial charge on any atom is 0.101 e. The molecule has 1 heterocycles. The van der Waals surface area contributed by atoms with Crippen molar-refractivity contribution in [3.05, 3.63) is 36.5 Å². The molecule has 0 amide bonds. The number of rotatable bonds is 0.